The zero-order chi connectivity index (χ0) is 20.0. The fourth-order valence-corrected chi connectivity index (χ4v) is 3.05. The van der Waals surface area contributed by atoms with Crippen molar-refractivity contribution >= 4 is 22.0 Å². The highest BCUT2D eigenvalue weighted by atomic mass is 32.2. The maximum Gasteiger partial charge on any atom is 0.335 e. The van der Waals surface area contributed by atoms with Gasteiger partial charge in [0.25, 0.3) is 10.0 Å². The number of sulfonamides is 1. The van der Waals surface area contributed by atoms with Gasteiger partial charge in [0, 0.05) is 6.20 Å². The van der Waals surface area contributed by atoms with E-state index in [1.807, 2.05) is 0 Å². The normalized spacial score (nSPS) is 12.1. The first-order valence-corrected chi connectivity index (χ1v) is 8.78. The number of nitrogens with zero attached hydrogens (tertiary/aromatic N) is 3. The zero-order valence-electron chi connectivity index (χ0n) is 14.2. The summed E-state index contributed by atoms with van der Waals surface area (Å²) in [6.07, 6.45) is -0.573. The van der Waals surface area contributed by atoms with Gasteiger partial charge in [0.2, 0.25) is 17.7 Å². The van der Waals surface area contributed by atoms with Crippen LogP contribution in [0.1, 0.15) is 11.8 Å². The summed E-state index contributed by atoms with van der Waals surface area (Å²) < 4.78 is 49.0. The van der Waals surface area contributed by atoms with Crippen molar-refractivity contribution in [2.24, 2.45) is 0 Å². The van der Waals surface area contributed by atoms with Gasteiger partial charge in [-0.3, -0.25) is 10.3 Å². The number of aromatic nitrogens is 3. The molecule has 3 N–H and O–H groups in total. The van der Waals surface area contributed by atoms with Gasteiger partial charge in [0.15, 0.2) is 0 Å². The fraction of sp³-hybridized carbons (Fsp3) is 0.286. The van der Waals surface area contributed by atoms with Gasteiger partial charge in [-0.2, -0.15) is 9.97 Å². The molecule has 0 fully saturated rings. The average molecular weight is 401 g/mol. The monoisotopic (exact) mass is 401 g/mol. The summed E-state index contributed by atoms with van der Waals surface area (Å²) >= 11 is 0. The molecule has 0 bridgehead atoms. The Bertz CT molecular complexity index is 904. The first-order valence-electron chi connectivity index (χ1n) is 7.30. The number of urea groups is 1. The van der Waals surface area contributed by atoms with Crippen LogP contribution in [0.2, 0.25) is 0 Å². The quantitative estimate of drug-likeness (QED) is 0.598. The molecule has 0 saturated carbocycles. The highest BCUT2D eigenvalue weighted by Gasteiger charge is 2.26. The average Bonchev–Trinajstić information content (AvgIpc) is 2.66. The number of aliphatic hydroxyl groups is 1. The van der Waals surface area contributed by atoms with Crippen molar-refractivity contribution in [3.8, 4) is 11.8 Å². The third-order valence-corrected chi connectivity index (χ3v) is 4.48. The number of rotatable bonds is 7. The zero-order valence-corrected chi connectivity index (χ0v) is 15.0. The number of carbonyl (C=O) groups is 1. The van der Waals surface area contributed by atoms with Crippen LogP contribution in [0, 0.1) is 0 Å². The maximum atomic E-state index is 12.7. The lowest BCUT2D eigenvalue weighted by Crippen LogP contribution is -2.35. The molecule has 13 heteroatoms. The molecule has 0 aliphatic carbocycles. The lowest BCUT2D eigenvalue weighted by atomic mass is 10.2. The van der Waals surface area contributed by atoms with Gasteiger partial charge < -0.3 is 14.6 Å². The predicted molar refractivity (Wildman–Crippen MR) is 89.6 cm³/mol. The summed E-state index contributed by atoms with van der Waals surface area (Å²) in [6.45, 7) is -1.25. The molecular weight excluding hydrogens is 385 g/mol. The molecule has 0 aliphatic rings. The van der Waals surface area contributed by atoms with E-state index in [9.17, 15) is 22.7 Å². The molecule has 2 aromatic rings. The van der Waals surface area contributed by atoms with E-state index in [1.54, 1.807) is 4.72 Å². The summed E-state index contributed by atoms with van der Waals surface area (Å²) in [4.78, 5) is 22.8. The van der Waals surface area contributed by atoms with Crippen LogP contribution < -0.4 is 19.5 Å². The first kappa shape index (κ1) is 20.3. The Labute approximate surface area is 153 Å². The van der Waals surface area contributed by atoms with Crippen LogP contribution in [0.25, 0.3) is 0 Å². The Balaban J connectivity index is 2.23. The summed E-state index contributed by atoms with van der Waals surface area (Å²) in [7, 11) is -1.81. The molecule has 0 radical (unpaired) electrons. The minimum Gasteiger partial charge on any atom is -0.481 e. The summed E-state index contributed by atoms with van der Waals surface area (Å²) in [5.74, 6) is -0.143. The second kappa shape index (κ2) is 8.55. The van der Waals surface area contributed by atoms with E-state index < -0.39 is 39.4 Å². The van der Waals surface area contributed by atoms with Crippen molar-refractivity contribution in [1.29, 1.82) is 0 Å². The van der Waals surface area contributed by atoms with Gasteiger partial charge >= 0.3 is 6.03 Å². The van der Waals surface area contributed by atoms with Crippen LogP contribution >= 0.6 is 0 Å². The van der Waals surface area contributed by atoms with Crippen LogP contribution in [0.15, 0.2) is 29.3 Å². The van der Waals surface area contributed by atoms with Crippen molar-refractivity contribution in [2.75, 3.05) is 26.2 Å². The Morgan fingerprint density at radius 1 is 1.30 bits per heavy atom. The number of ether oxygens (including phenoxy) is 2. The second-order valence-electron chi connectivity index (χ2n) is 4.89. The number of carbonyl (C=O) groups excluding carboxylic acids is 1. The minimum absolute atomic E-state index is 0.0700. The summed E-state index contributed by atoms with van der Waals surface area (Å²) in [5.41, 5.74) is -0.431. The molecular formula is C14H16FN5O6S. The van der Waals surface area contributed by atoms with Crippen molar-refractivity contribution in [3.05, 3.63) is 30.1 Å². The van der Waals surface area contributed by atoms with Crippen molar-refractivity contribution < 1.29 is 32.2 Å². The second-order valence-corrected chi connectivity index (χ2v) is 6.54. The number of methoxy groups -OCH3 is 2. The smallest absolute Gasteiger partial charge is 0.335 e. The van der Waals surface area contributed by atoms with Gasteiger partial charge in [-0.1, -0.05) is 0 Å². The van der Waals surface area contributed by atoms with Crippen LogP contribution in [-0.2, 0) is 10.0 Å². The first-order chi connectivity index (χ1) is 12.8. The number of halogens is 1. The number of alkyl halides is 1. The highest BCUT2D eigenvalue weighted by molar-refractivity contribution is 7.90. The fourth-order valence-electron chi connectivity index (χ4n) is 1.93. The molecule has 2 rings (SSSR count). The van der Waals surface area contributed by atoms with Crippen molar-refractivity contribution in [3.63, 3.8) is 0 Å². The number of nitrogens with one attached hydrogen (secondary N) is 2. The Morgan fingerprint density at radius 2 is 1.93 bits per heavy atom. The van der Waals surface area contributed by atoms with E-state index in [1.165, 1.54) is 32.5 Å². The summed E-state index contributed by atoms with van der Waals surface area (Å²) in [5, 5.41) is 11.7. The number of aliphatic hydroxyl groups excluding tert-OH is 1. The minimum atomic E-state index is -4.47. The molecule has 0 saturated heterocycles. The largest absolute Gasteiger partial charge is 0.481 e. The Kier molecular flexibility index (Phi) is 6.41. The van der Waals surface area contributed by atoms with Crippen molar-refractivity contribution in [1.82, 2.24) is 19.7 Å². The van der Waals surface area contributed by atoms with Crippen LogP contribution in [0.3, 0.4) is 0 Å². The molecule has 2 heterocycles. The number of hydrogen-bond donors (Lipinski definition) is 3. The highest BCUT2D eigenvalue weighted by Crippen LogP contribution is 2.21. The molecule has 2 aromatic heterocycles. The summed E-state index contributed by atoms with van der Waals surface area (Å²) in [6, 6.07) is 2.48. The Hall–Kier alpha value is -3.06. The lowest BCUT2D eigenvalue weighted by molar-refractivity contribution is 0.134. The van der Waals surface area contributed by atoms with Crippen molar-refractivity contribution in [2.45, 2.75) is 11.0 Å². The van der Waals surface area contributed by atoms with Crippen LogP contribution in [0.4, 0.5) is 15.1 Å². The third-order valence-electron chi connectivity index (χ3n) is 3.10. The molecule has 1 atom stereocenters. The number of hydrogen-bond acceptors (Lipinski definition) is 9. The molecule has 27 heavy (non-hydrogen) atoms. The van der Waals surface area contributed by atoms with E-state index in [4.69, 9.17) is 9.47 Å². The number of amides is 2. The standard InChI is InChI=1S/C14H16FN5O6S/c1-25-10-6-11(26-2)18-13(17-10)19-14(22)20-27(23,24)9-4-3-5-16-12(9)8(21)7-15/h3-6,8,21H,7H2,1-2H3,(H2,17,18,19,20,22). The molecule has 0 aromatic carbocycles. The molecule has 146 valence electrons. The Morgan fingerprint density at radius 3 is 2.48 bits per heavy atom. The van der Waals surface area contributed by atoms with Gasteiger partial charge in [-0.25, -0.2) is 22.3 Å². The topological polar surface area (TPSA) is 153 Å². The van der Waals surface area contributed by atoms with Crippen LogP contribution in [0.5, 0.6) is 11.8 Å². The van der Waals surface area contributed by atoms with Crippen LogP contribution in [-0.4, -0.2) is 55.4 Å². The van der Waals surface area contributed by atoms with Gasteiger partial charge in [-0.05, 0) is 12.1 Å². The van der Waals surface area contributed by atoms with E-state index in [0.717, 1.165) is 6.07 Å². The van der Waals surface area contributed by atoms with Gasteiger partial charge in [0.05, 0.1) is 26.0 Å². The molecule has 0 aliphatic heterocycles. The molecule has 0 spiro atoms. The maximum absolute atomic E-state index is 12.7. The SMILES string of the molecule is COc1cc(OC)nc(NC(=O)NS(=O)(=O)c2cccnc2C(O)CF)n1. The third kappa shape index (κ3) is 4.98. The molecule has 1 unspecified atom stereocenters. The van der Waals surface area contributed by atoms with E-state index in [0.29, 0.717) is 0 Å². The molecule has 2 amide bonds. The van der Waals surface area contributed by atoms with E-state index >= 15 is 0 Å². The van der Waals surface area contributed by atoms with Gasteiger partial charge in [0.1, 0.15) is 17.7 Å². The lowest BCUT2D eigenvalue weighted by Gasteiger charge is -2.13. The number of pyridine rings is 1. The van der Waals surface area contributed by atoms with E-state index in [-0.39, 0.29) is 17.7 Å². The number of anilines is 1. The van der Waals surface area contributed by atoms with E-state index in [2.05, 4.69) is 20.3 Å². The van der Waals surface area contributed by atoms with Gasteiger partial charge in [-0.15, -0.1) is 0 Å². The predicted octanol–water partition coefficient (Wildman–Crippen LogP) is 0.402. The molecule has 11 nitrogen and oxygen atoms in total.